The van der Waals surface area contributed by atoms with Crippen LogP contribution in [0, 0.1) is 0 Å². The number of halogens is 7. The molecule has 18 heavy (non-hydrogen) atoms. The first-order valence-corrected chi connectivity index (χ1v) is 4.89. The SMILES string of the molecule is CCCC(CC(F)(F)C(F)(F)C(F)(F)F)N=C=O. The number of aliphatic imine (C=N–C) groups is 1. The molecule has 2 nitrogen and oxygen atoms in total. The number of nitrogens with zero attached hydrogens (tertiary/aromatic N) is 1. The summed E-state index contributed by atoms with van der Waals surface area (Å²) in [6, 6.07) is -1.62. The van der Waals surface area contributed by atoms with Gasteiger partial charge in [-0.15, -0.1) is 0 Å². The highest BCUT2D eigenvalue weighted by Gasteiger charge is 2.72. The summed E-state index contributed by atoms with van der Waals surface area (Å²) < 4.78 is 86.4. The molecule has 0 aliphatic carbocycles. The van der Waals surface area contributed by atoms with Crippen LogP contribution in [-0.2, 0) is 4.79 Å². The Morgan fingerprint density at radius 3 is 1.94 bits per heavy atom. The van der Waals surface area contributed by atoms with Crippen molar-refractivity contribution in [1.82, 2.24) is 0 Å². The molecule has 9 heteroatoms. The normalized spacial score (nSPS) is 15.1. The van der Waals surface area contributed by atoms with E-state index in [1.807, 2.05) is 0 Å². The highest BCUT2D eigenvalue weighted by atomic mass is 19.4. The first-order chi connectivity index (χ1) is 7.99. The van der Waals surface area contributed by atoms with Gasteiger partial charge in [-0.05, 0) is 6.42 Å². The fourth-order valence-electron chi connectivity index (χ4n) is 1.25. The Bertz CT molecular complexity index is 319. The van der Waals surface area contributed by atoms with E-state index in [4.69, 9.17) is 0 Å². The summed E-state index contributed by atoms with van der Waals surface area (Å²) in [6.07, 6.45) is -7.35. The zero-order valence-corrected chi connectivity index (χ0v) is 9.20. The van der Waals surface area contributed by atoms with Gasteiger partial charge in [-0.1, -0.05) is 13.3 Å². The lowest BCUT2D eigenvalue weighted by Gasteiger charge is -2.29. The number of carbonyl (C=O) groups excluding carboxylic acids is 1. The zero-order chi connectivity index (χ0) is 14.6. The van der Waals surface area contributed by atoms with Gasteiger partial charge in [0.15, 0.2) is 0 Å². The van der Waals surface area contributed by atoms with Gasteiger partial charge in [0.25, 0.3) is 0 Å². The number of alkyl halides is 7. The molecule has 106 valence electrons. The lowest BCUT2D eigenvalue weighted by atomic mass is 9.99. The van der Waals surface area contributed by atoms with E-state index in [9.17, 15) is 35.5 Å². The molecule has 0 spiro atoms. The monoisotopic (exact) mass is 281 g/mol. The van der Waals surface area contributed by atoms with Crippen LogP contribution >= 0.6 is 0 Å². The van der Waals surface area contributed by atoms with Crippen LogP contribution in [0.5, 0.6) is 0 Å². The third-order valence-corrected chi connectivity index (χ3v) is 2.16. The molecular formula is C9H10F7NO. The lowest BCUT2D eigenvalue weighted by Crippen LogP contribution is -2.53. The highest BCUT2D eigenvalue weighted by Crippen LogP contribution is 2.48. The minimum atomic E-state index is -6.36. The lowest BCUT2D eigenvalue weighted by molar-refractivity contribution is -0.356. The fraction of sp³-hybridized carbons (Fsp3) is 0.889. The van der Waals surface area contributed by atoms with Crippen molar-refractivity contribution in [1.29, 1.82) is 0 Å². The van der Waals surface area contributed by atoms with E-state index in [1.54, 1.807) is 0 Å². The second kappa shape index (κ2) is 5.69. The van der Waals surface area contributed by atoms with Crippen LogP contribution in [0.4, 0.5) is 30.7 Å². The average molecular weight is 281 g/mol. The standard InChI is InChI=1S/C9H10F7NO/c1-2-3-6(17-5-18)4-7(10,11)8(12,13)9(14,15)16/h6H,2-4H2,1H3. The van der Waals surface area contributed by atoms with Crippen LogP contribution in [0.15, 0.2) is 4.99 Å². The van der Waals surface area contributed by atoms with Crippen molar-refractivity contribution in [3.63, 3.8) is 0 Å². The summed E-state index contributed by atoms with van der Waals surface area (Å²) in [6.45, 7) is 1.48. The Hall–Kier alpha value is -1.11. The third kappa shape index (κ3) is 3.69. The predicted molar refractivity (Wildman–Crippen MR) is 47.4 cm³/mol. The van der Waals surface area contributed by atoms with Crippen molar-refractivity contribution in [2.24, 2.45) is 4.99 Å². The van der Waals surface area contributed by atoms with Crippen molar-refractivity contribution < 1.29 is 35.5 Å². The van der Waals surface area contributed by atoms with E-state index in [0.29, 0.717) is 0 Å². The molecule has 0 amide bonds. The number of isocyanates is 1. The molecule has 0 aliphatic rings. The van der Waals surface area contributed by atoms with Gasteiger partial charge in [-0.25, -0.2) is 9.79 Å². The average Bonchev–Trinajstić information content (AvgIpc) is 2.15. The molecule has 1 atom stereocenters. The molecule has 0 bridgehead atoms. The van der Waals surface area contributed by atoms with Crippen molar-refractivity contribution in [3.8, 4) is 0 Å². The molecule has 0 radical (unpaired) electrons. The molecule has 0 fully saturated rings. The number of hydrogen-bond donors (Lipinski definition) is 0. The number of rotatable bonds is 6. The fourth-order valence-corrected chi connectivity index (χ4v) is 1.25. The second-order valence-corrected chi connectivity index (χ2v) is 3.64. The van der Waals surface area contributed by atoms with Crippen molar-refractivity contribution >= 4 is 6.08 Å². The molecule has 0 aliphatic heterocycles. The van der Waals surface area contributed by atoms with E-state index >= 15 is 0 Å². The molecule has 0 aromatic rings. The Kier molecular flexibility index (Phi) is 5.34. The van der Waals surface area contributed by atoms with Gasteiger partial charge in [-0.2, -0.15) is 30.7 Å². The van der Waals surface area contributed by atoms with Crippen LogP contribution in [-0.4, -0.2) is 30.1 Å². The van der Waals surface area contributed by atoms with Crippen LogP contribution < -0.4 is 0 Å². The molecule has 1 unspecified atom stereocenters. The van der Waals surface area contributed by atoms with E-state index < -0.39 is 30.5 Å². The minimum Gasteiger partial charge on any atom is -0.211 e. The van der Waals surface area contributed by atoms with Gasteiger partial charge in [0.05, 0.1) is 6.04 Å². The van der Waals surface area contributed by atoms with Gasteiger partial charge >= 0.3 is 18.0 Å². The molecular weight excluding hydrogens is 271 g/mol. The zero-order valence-electron chi connectivity index (χ0n) is 9.20. The predicted octanol–water partition coefficient (Wildman–Crippen LogP) is 3.71. The van der Waals surface area contributed by atoms with Crippen LogP contribution in [0.25, 0.3) is 0 Å². The van der Waals surface area contributed by atoms with E-state index in [-0.39, 0.29) is 12.8 Å². The van der Waals surface area contributed by atoms with E-state index in [0.717, 1.165) is 6.08 Å². The molecule has 0 saturated heterocycles. The maximum Gasteiger partial charge on any atom is 0.459 e. The molecule has 0 aromatic heterocycles. The van der Waals surface area contributed by atoms with Crippen molar-refractivity contribution in [2.75, 3.05) is 0 Å². The van der Waals surface area contributed by atoms with Gasteiger partial charge in [0, 0.05) is 6.42 Å². The maximum absolute atomic E-state index is 12.9. The summed E-state index contributed by atoms with van der Waals surface area (Å²) in [7, 11) is 0. The first-order valence-electron chi connectivity index (χ1n) is 4.89. The third-order valence-electron chi connectivity index (χ3n) is 2.16. The van der Waals surface area contributed by atoms with Gasteiger partial charge in [-0.3, -0.25) is 0 Å². The highest BCUT2D eigenvalue weighted by molar-refractivity contribution is 5.33. The quantitative estimate of drug-likeness (QED) is 0.414. The Morgan fingerprint density at radius 1 is 1.11 bits per heavy atom. The summed E-state index contributed by atoms with van der Waals surface area (Å²) in [5.74, 6) is -11.5. The van der Waals surface area contributed by atoms with Crippen LogP contribution in [0.3, 0.4) is 0 Å². The summed E-state index contributed by atoms with van der Waals surface area (Å²) in [5.41, 5.74) is 0. The Labute approximate surface area is 97.9 Å². The van der Waals surface area contributed by atoms with Crippen LogP contribution in [0.1, 0.15) is 26.2 Å². The summed E-state index contributed by atoms with van der Waals surface area (Å²) in [5, 5.41) is 0. The first kappa shape index (κ1) is 16.9. The maximum atomic E-state index is 12.9. The van der Waals surface area contributed by atoms with Crippen molar-refractivity contribution in [3.05, 3.63) is 0 Å². The van der Waals surface area contributed by atoms with E-state index in [1.165, 1.54) is 6.92 Å². The Balaban J connectivity index is 5.08. The smallest absolute Gasteiger partial charge is 0.211 e. The second-order valence-electron chi connectivity index (χ2n) is 3.64. The van der Waals surface area contributed by atoms with Crippen LogP contribution in [0.2, 0.25) is 0 Å². The molecule has 0 saturated carbocycles. The Morgan fingerprint density at radius 2 is 1.61 bits per heavy atom. The molecule has 0 aromatic carbocycles. The van der Waals surface area contributed by atoms with Crippen molar-refractivity contribution in [2.45, 2.75) is 50.2 Å². The molecule has 0 N–H and O–H groups in total. The largest absolute Gasteiger partial charge is 0.459 e. The summed E-state index contributed by atoms with van der Waals surface area (Å²) in [4.78, 5) is 12.7. The topological polar surface area (TPSA) is 29.4 Å². The minimum absolute atomic E-state index is 0.198. The summed E-state index contributed by atoms with van der Waals surface area (Å²) >= 11 is 0. The molecule has 0 heterocycles. The van der Waals surface area contributed by atoms with Gasteiger partial charge < -0.3 is 0 Å². The van der Waals surface area contributed by atoms with Gasteiger partial charge in [0.1, 0.15) is 0 Å². The van der Waals surface area contributed by atoms with E-state index in [2.05, 4.69) is 4.99 Å². The molecule has 0 rings (SSSR count). The van der Waals surface area contributed by atoms with Gasteiger partial charge in [0.2, 0.25) is 6.08 Å². The number of hydrogen-bond acceptors (Lipinski definition) is 2.